The Kier molecular flexibility index (Phi) is 15.0. The summed E-state index contributed by atoms with van der Waals surface area (Å²) in [6.07, 6.45) is 4.29. The van der Waals surface area contributed by atoms with Gasteiger partial charge in [-0.05, 0) is 57.1 Å². The number of allylic oxidation sites excluding steroid dienone is 1. The molecule has 1 heterocycles. The smallest absolute Gasteiger partial charge is 0.308 e. The van der Waals surface area contributed by atoms with E-state index in [9.17, 15) is 14.4 Å². The van der Waals surface area contributed by atoms with E-state index in [1.165, 1.54) is 23.5 Å². The van der Waals surface area contributed by atoms with Crippen LogP contribution in [0.1, 0.15) is 92.6 Å². The van der Waals surface area contributed by atoms with Gasteiger partial charge in [0.15, 0.2) is 5.78 Å². The minimum atomic E-state index is -0.686. The molecule has 0 saturated heterocycles. The van der Waals surface area contributed by atoms with Crippen LogP contribution in [-0.2, 0) is 23.9 Å². The highest BCUT2D eigenvalue weighted by atomic mass is 32.2. The van der Waals surface area contributed by atoms with Crippen molar-refractivity contribution in [3.63, 3.8) is 0 Å². The van der Waals surface area contributed by atoms with Gasteiger partial charge in [-0.25, -0.2) is 4.85 Å². The second kappa shape index (κ2) is 17.6. The lowest BCUT2D eigenvalue weighted by molar-refractivity contribution is -0.149. The van der Waals surface area contributed by atoms with Gasteiger partial charge in [0, 0.05) is 5.41 Å². The number of rotatable bonds is 17. The van der Waals surface area contributed by atoms with Crippen LogP contribution in [0.4, 0.5) is 0 Å². The highest BCUT2D eigenvalue weighted by Crippen LogP contribution is 2.60. The Labute approximate surface area is 265 Å². The topological polar surface area (TPSA) is 92.5 Å². The number of fused-ring (bicyclic) bond motifs is 1. The third kappa shape index (κ3) is 10.8. The average Bonchev–Trinajstić information content (AvgIpc) is 3.41. The number of hydrogen-bond acceptors (Lipinski definition) is 9. The van der Waals surface area contributed by atoms with Gasteiger partial charge in [-0.2, -0.15) is 0 Å². The number of hydrogen-bond donors (Lipinski definition) is 0. The van der Waals surface area contributed by atoms with Crippen LogP contribution in [0.3, 0.4) is 0 Å². The molecule has 0 aromatic heterocycles. The molecule has 238 valence electrons. The molecular formula is C33H47NO7S2. The summed E-state index contributed by atoms with van der Waals surface area (Å²) in [5.41, 5.74) is 0.327. The minimum absolute atomic E-state index is 0.100. The zero-order valence-electron chi connectivity index (χ0n) is 26.9. The first-order valence-corrected chi connectivity index (χ1v) is 16.8. The molecule has 1 aromatic rings. The second-order valence-corrected chi connectivity index (χ2v) is 14.1. The SMILES string of the molecule is [C-]#[N+]/C(C(=O)C(C)(C)C)=C1\Sc2c(OCCCCOC(=O)C(C)CC)cc(C)c(OCCCCOC(=O)C(C)CC)c2S1. The summed E-state index contributed by atoms with van der Waals surface area (Å²) in [6.45, 7) is 24.4. The molecule has 0 fully saturated rings. The normalized spacial score (nSPS) is 15.1. The number of benzene rings is 1. The predicted octanol–water partition coefficient (Wildman–Crippen LogP) is 8.39. The van der Waals surface area contributed by atoms with Crippen molar-refractivity contribution >= 4 is 41.2 Å². The molecular weight excluding hydrogens is 586 g/mol. The van der Waals surface area contributed by atoms with Gasteiger partial charge in [-0.15, -0.1) is 0 Å². The molecule has 2 unspecified atom stereocenters. The third-order valence-corrected chi connectivity index (χ3v) is 9.62. The highest BCUT2D eigenvalue weighted by Gasteiger charge is 2.34. The van der Waals surface area contributed by atoms with Gasteiger partial charge in [-0.3, -0.25) is 9.59 Å². The molecule has 8 nitrogen and oxygen atoms in total. The van der Waals surface area contributed by atoms with Crippen molar-refractivity contribution < 1.29 is 33.3 Å². The van der Waals surface area contributed by atoms with Crippen LogP contribution in [0.15, 0.2) is 25.8 Å². The van der Waals surface area contributed by atoms with Crippen LogP contribution >= 0.6 is 23.5 Å². The molecule has 1 aromatic carbocycles. The lowest BCUT2D eigenvalue weighted by Crippen LogP contribution is -2.21. The van der Waals surface area contributed by atoms with Crippen molar-refractivity contribution in [3.05, 3.63) is 33.0 Å². The fraction of sp³-hybridized carbons (Fsp3) is 0.636. The minimum Gasteiger partial charge on any atom is -0.492 e. The van der Waals surface area contributed by atoms with Crippen LogP contribution in [0.5, 0.6) is 11.5 Å². The van der Waals surface area contributed by atoms with E-state index >= 15 is 0 Å². The maximum absolute atomic E-state index is 13.1. The third-order valence-electron chi connectivity index (χ3n) is 7.03. The summed E-state index contributed by atoms with van der Waals surface area (Å²) >= 11 is 2.75. The number of ketones is 1. The Morgan fingerprint density at radius 1 is 0.837 bits per heavy atom. The van der Waals surface area contributed by atoms with Gasteiger partial charge in [-0.1, -0.05) is 72.0 Å². The summed E-state index contributed by atoms with van der Waals surface area (Å²) in [6, 6.07) is 1.94. The fourth-order valence-corrected chi connectivity index (χ4v) is 6.44. The Balaban J connectivity index is 2.15. The zero-order valence-corrected chi connectivity index (χ0v) is 28.6. The number of thioether (sulfide) groups is 2. The van der Waals surface area contributed by atoms with Crippen molar-refractivity contribution in [1.82, 2.24) is 0 Å². The van der Waals surface area contributed by atoms with E-state index in [4.69, 9.17) is 25.5 Å². The lowest BCUT2D eigenvalue weighted by atomic mass is 9.89. The van der Waals surface area contributed by atoms with Crippen molar-refractivity contribution in [3.8, 4) is 11.5 Å². The molecule has 10 heteroatoms. The van der Waals surface area contributed by atoms with Gasteiger partial charge in [0.05, 0.1) is 58.9 Å². The molecule has 2 rings (SSSR count). The molecule has 0 radical (unpaired) electrons. The molecule has 0 bridgehead atoms. The fourth-order valence-electron chi connectivity index (χ4n) is 3.77. The van der Waals surface area contributed by atoms with Crippen LogP contribution in [0.25, 0.3) is 4.85 Å². The predicted molar refractivity (Wildman–Crippen MR) is 171 cm³/mol. The maximum atomic E-state index is 13.1. The molecule has 0 amide bonds. The standard InChI is InChI=1S/C33H47NO7S2/c1-10-21(3)30(36)40-18-14-12-16-38-24-20-23(5)26(39-17-13-15-19-41-31(37)22(4)11-2)28-27(24)42-32(43-28)25(34-9)29(35)33(6,7)8/h20-22H,10-19H2,1-8H3/b32-25+. The molecule has 1 aliphatic heterocycles. The second-order valence-electron chi connectivity index (χ2n) is 11.8. The van der Waals surface area contributed by atoms with Crippen LogP contribution in [-0.4, -0.2) is 44.1 Å². The Hall–Kier alpha value is -2.64. The molecule has 1 aliphatic rings. The van der Waals surface area contributed by atoms with Crippen LogP contribution in [0.2, 0.25) is 0 Å². The number of Topliss-reactive ketones (excluding diaryl/α,β-unsaturated/α-hetero) is 1. The summed E-state index contributed by atoms with van der Waals surface area (Å²) < 4.78 is 23.7. The van der Waals surface area contributed by atoms with Gasteiger partial charge >= 0.3 is 11.9 Å². The first-order chi connectivity index (χ1) is 20.3. The lowest BCUT2D eigenvalue weighted by Gasteiger charge is -2.17. The summed E-state index contributed by atoms with van der Waals surface area (Å²) in [5.74, 6) is 0.629. The van der Waals surface area contributed by atoms with Gasteiger partial charge in [0.25, 0.3) is 0 Å². The van der Waals surface area contributed by atoms with E-state index in [1.807, 2.05) is 61.5 Å². The maximum Gasteiger partial charge on any atom is 0.308 e. The Morgan fingerprint density at radius 2 is 1.33 bits per heavy atom. The molecule has 0 N–H and O–H groups in total. The number of esters is 2. The zero-order chi connectivity index (χ0) is 32.2. The Bertz CT molecular complexity index is 1210. The number of nitrogens with zero attached hydrogens (tertiary/aromatic N) is 1. The summed E-state index contributed by atoms with van der Waals surface area (Å²) in [7, 11) is 0. The summed E-state index contributed by atoms with van der Waals surface area (Å²) in [5, 5.41) is 0. The monoisotopic (exact) mass is 633 g/mol. The van der Waals surface area contributed by atoms with E-state index in [0.29, 0.717) is 67.8 Å². The van der Waals surface area contributed by atoms with E-state index in [2.05, 4.69) is 4.85 Å². The largest absolute Gasteiger partial charge is 0.492 e. The molecule has 0 spiro atoms. The number of carbonyl (C=O) groups excluding carboxylic acids is 3. The number of carbonyl (C=O) groups is 3. The molecule has 2 atom stereocenters. The van der Waals surface area contributed by atoms with Gasteiger partial charge in [0.1, 0.15) is 11.5 Å². The van der Waals surface area contributed by atoms with Gasteiger partial charge < -0.3 is 23.7 Å². The van der Waals surface area contributed by atoms with Crippen molar-refractivity contribution in [1.29, 1.82) is 0 Å². The van der Waals surface area contributed by atoms with Crippen molar-refractivity contribution in [2.75, 3.05) is 26.4 Å². The first-order valence-electron chi connectivity index (χ1n) is 15.1. The van der Waals surface area contributed by atoms with E-state index in [0.717, 1.165) is 28.2 Å². The van der Waals surface area contributed by atoms with Crippen LogP contribution < -0.4 is 9.47 Å². The summed E-state index contributed by atoms with van der Waals surface area (Å²) in [4.78, 5) is 42.2. The van der Waals surface area contributed by atoms with E-state index in [-0.39, 0.29) is 35.3 Å². The molecule has 0 saturated carbocycles. The van der Waals surface area contributed by atoms with Crippen molar-refractivity contribution in [2.24, 2.45) is 17.3 Å². The number of unbranched alkanes of at least 4 members (excludes halogenated alkanes) is 2. The van der Waals surface area contributed by atoms with E-state index < -0.39 is 5.41 Å². The number of aryl methyl sites for hydroxylation is 1. The quantitative estimate of drug-likeness (QED) is 0.0726. The average molecular weight is 634 g/mol. The van der Waals surface area contributed by atoms with E-state index in [1.54, 1.807) is 0 Å². The number of ether oxygens (including phenoxy) is 4. The molecule has 43 heavy (non-hydrogen) atoms. The highest BCUT2D eigenvalue weighted by molar-refractivity contribution is 8.24. The van der Waals surface area contributed by atoms with Gasteiger partial charge in [0.2, 0.25) is 5.70 Å². The van der Waals surface area contributed by atoms with Crippen LogP contribution in [0, 0.1) is 30.7 Å². The molecule has 0 aliphatic carbocycles. The first kappa shape index (κ1) is 36.6. The Morgan fingerprint density at radius 3 is 1.81 bits per heavy atom. The van der Waals surface area contributed by atoms with Crippen molar-refractivity contribution in [2.45, 2.75) is 104 Å².